The van der Waals surface area contributed by atoms with Gasteiger partial charge in [0.15, 0.2) is 9.84 Å². The molecule has 8 heteroatoms. The maximum absolute atomic E-state index is 11.6. The monoisotopic (exact) mass is 286 g/mol. The zero-order chi connectivity index (χ0) is 14.8. The molecule has 0 aliphatic carbocycles. The Bertz CT molecular complexity index is 596. The standard InChI is InChI=1S/C11H18N4O3S/c1-11(2,19(3,17)18)6-15-8-5-14-9(12)4-7(8)10(13)16/h4-5,15H,6H2,1-3H3,(H2,12,14)(H2,13,16). The van der Waals surface area contributed by atoms with Crippen LogP contribution < -0.4 is 16.8 Å². The molecule has 0 atom stereocenters. The van der Waals surface area contributed by atoms with Gasteiger partial charge in [-0.1, -0.05) is 0 Å². The second kappa shape index (κ2) is 5.04. The summed E-state index contributed by atoms with van der Waals surface area (Å²) in [5, 5.41) is 2.87. The third-order valence-electron chi connectivity index (χ3n) is 2.90. The lowest BCUT2D eigenvalue weighted by molar-refractivity contribution is 0.100. The van der Waals surface area contributed by atoms with E-state index in [4.69, 9.17) is 11.5 Å². The van der Waals surface area contributed by atoms with E-state index >= 15 is 0 Å². The molecule has 1 aromatic heterocycles. The fraction of sp³-hybridized carbons (Fsp3) is 0.455. The molecule has 1 aromatic rings. The summed E-state index contributed by atoms with van der Waals surface area (Å²) in [6.07, 6.45) is 2.51. The van der Waals surface area contributed by atoms with E-state index < -0.39 is 20.5 Å². The van der Waals surface area contributed by atoms with Crippen molar-refractivity contribution in [3.8, 4) is 0 Å². The second-order valence-corrected chi connectivity index (χ2v) is 7.55. The highest BCUT2D eigenvalue weighted by molar-refractivity contribution is 7.92. The Kier molecular flexibility index (Phi) is 4.04. The Labute approximate surface area is 112 Å². The van der Waals surface area contributed by atoms with Gasteiger partial charge in [-0.05, 0) is 19.9 Å². The number of nitrogens with one attached hydrogen (secondary N) is 1. The number of amides is 1. The highest BCUT2D eigenvalue weighted by Crippen LogP contribution is 2.20. The molecule has 0 fully saturated rings. The summed E-state index contributed by atoms with van der Waals surface area (Å²) in [6, 6.07) is 1.35. The number of nitrogens with zero attached hydrogens (tertiary/aromatic N) is 1. The fourth-order valence-electron chi connectivity index (χ4n) is 1.26. The largest absolute Gasteiger partial charge is 0.384 e. The molecule has 0 aliphatic rings. The number of pyridine rings is 1. The Morgan fingerprint density at radius 1 is 1.47 bits per heavy atom. The summed E-state index contributed by atoms with van der Waals surface area (Å²) >= 11 is 0. The molecule has 0 aliphatic heterocycles. The number of aromatic nitrogens is 1. The zero-order valence-electron chi connectivity index (χ0n) is 11.1. The van der Waals surface area contributed by atoms with E-state index in [1.54, 1.807) is 13.8 Å². The quantitative estimate of drug-likeness (QED) is 0.698. The molecular formula is C11H18N4O3S. The number of hydrogen-bond donors (Lipinski definition) is 3. The van der Waals surface area contributed by atoms with Gasteiger partial charge in [0.25, 0.3) is 5.91 Å². The van der Waals surface area contributed by atoms with E-state index in [2.05, 4.69) is 10.3 Å². The lowest BCUT2D eigenvalue weighted by Crippen LogP contribution is -2.38. The van der Waals surface area contributed by atoms with Crippen LogP contribution in [0, 0.1) is 0 Å². The van der Waals surface area contributed by atoms with Crippen LogP contribution in [0.3, 0.4) is 0 Å². The first-order valence-electron chi connectivity index (χ1n) is 5.53. The first-order chi connectivity index (χ1) is 8.54. The van der Waals surface area contributed by atoms with Crippen LogP contribution in [0.5, 0.6) is 0 Å². The van der Waals surface area contributed by atoms with E-state index in [9.17, 15) is 13.2 Å². The van der Waals surface area contributed by atoms with Gasteiger partial charge in [0, 0.05) is 12.8 Å². The minimum Gasteiger partial charge on any atom is -0.384 e. The molecule has 1 rings (SSSR count). The van der Waals surface area contributed by atoms with Gasteiger partial charge in [-0.25, -0.2) is 13.4 Å². The zero-order valence-corrected chi connectivity index (χ0v) is 11.9. The van der Waals surface area contributed by atoms with Crippen LogP contribution in [0.15, 0.2) is 12.3 Å². The maximum atomic E-state index is 11.6. The van der Waals surface area contributed by atoms with Crippen LogP contribution in [0.4, 0.5) is 11.5 Å². The van der Waals surface area contributed by atoms with Gasteiger partial charge in [-0.2, -0.15) is 0 Å². The van der Waals surface area contributed by atoms with Crippen molar-refractivity contribution in [2.24, 2.45) is 5.73 Å². The number of sulfone groups is 1. The minimum atomic E-state index is -3.24. The predicted molar refractivity (Wildman–Crippen MR) is 74.6 cm³/mol. The predicted octanol–water partition coefficient (Wildman–Crippen LogP) is -0.00220. The summed E-state index contributed by atoms with van der Waals surface area (Å²) in [4.78, 5) is 15.1. The topological polar surface area (TPSA) is 128 Å². The molecule has 1 amide bonds. The lowest BCUT2D eigenvalue weighted by atomic mass is 10.1. The van der Waals surface area contributed by atoms with Crippen molar-refractivity contribution < 1.29 is 13.2 Å². The Balaban J connectivity index is 2.99. The minimum absolute atomic E-state index is 0.123. The van der Waals surface area contributed by atoms with Crippen molar-refractivity contribution in [2.75, 3.05) is 23.9 Å². The van der Waals surface area contributed by atoms with Gasteiger partial charge in [-0.15, -0.1) is 0 Å². The Morgan fingerprint density at radius 2 is 2.05 bits per heavy atom. The van der Waals surface area contributed by atoms with Gasteiger partial charge in [0.2, 0.25) is 0 Å². The second-order valence-electron chi connectivity index (χ2n) is 4.90. The number of anilines is 2. The normalized spacial score (nSPS) is 12.2. The summed E-state index contributed by atoms with van der Waals surface area (Å²) in [6.45, 7) is 3.30. The van der Waals surface area contributed by atoms with Crippen LogP contribution in [-0.4, -0.2) is 36.9 Å². The summed E-state index contributed by atoms with van der Waals surface area (Å²) < 4.78 is 22.2. The first-order valence-corrected chi connectivity index (χ1v) is 7.42. The molecule has 106 valence electrons. The van der Waals surface area contributed by atoms with Crippen LogP contribution in [-0.2, 0) is 9.84 Å². The summed E-state index contributed by atoms with van der Waals surface area (Å²) in [5.41, 5.74) is 11.2. The molecule has 0 bridgehead atoms. The molecule has 0 radical (unpaired) electrons. The van der Waals surface area contributed by atoms with Crippen molar-refractivity contribution in [3.63, 3.8) is 0 Å². The van der Waals surface area contributed by atoms with Gasteiger partial charge in [0.05, 0.1) is 22.2 Å². The van der Waals surface area contributed by atoms with Crippen molar-refractivity contribution in [1.29, 1.82) is 0 Å². The lowest BCUT2D eigenvalue weighted by Gasteiger charge is -2.23. The fourth-order valence-corrected chi connectivity index (χ4v) is 1.59. The van der Waals surface area contributed by atoms with Gasteiger partial charge < -0.3 is 16.8 Å². The number of carbonyl (C=O) groups excluding carboxylic acids is 1. The number of primary amides is 1. The van der Waals surface area contributed by atoms with Crippen molar-refractivity contribution in [1.82, 2.24) is 4.98 Å². The molecule has 1 heterocycles. The summed E-state index contributed by atoms with van der Waals surface area (Å²) in [5.74, 6) is -0.490. The molecule has 7 nitrogen and oxygen atoms in total. The van der Waals surface area contributed by atoms with E-state index in [-0.39, 0.29) is 17.9 Å². The van der Waals surface area contributed by atoms with E-state index in [0.717, 1.165) is 6.26 Å². The van der Waals surface area contributed by atoms with E-state index in [1.807, 2.05) is 0 Å². The number of nitrogens with two attached hydrogens (primary N) is 2. The van der Waals surface area contributed by atoms with Crippen molar-refractivity contribution in [3.05, 3.63) is 17.8 Å². The molecule has 0 unspecified atom stereocenters. The highest BCUT2D eigenvalue weighted by atomic mass is 32.2. The Hall–Kier alpha value is -1.83. The average molecular weight is 286 g/mol. The van der Waals surface area contributed by atoms with Crippen molar-refractivity contribution in [2.45, 2.75) is 18.6 Å². The molecule has 0 spiro atoms. The molecule has 0 aromatic carbocycles. The van der Waals surface area contributed by atoms with Crippen molar-refractivity contribution >= 4 is 27.2 Å². The average Bonchev–Trinajstić information content (AvgIpc) is 2.25. The summed E-state index contributed by atoms with van der Waals surface area (Å²) in [7, 11) is -3.24. The highest BCUT2D eigenvalue weighted by Gasteiger charge is 2.30. The molecule has 0 saturated heterocycles. The third-order valence-corrected chi connectivity index (χ3v) is 5.05. The molecule has 19 heavy (non-hydrogen) atoms. The molecule has 0 saturated carbocycles. The van der Waals surface area contributed by atoms with Crippen LogP contribution in [0.2, 0.25) is 0 Å². The number of carbonyl (C=O) groups is 1. The maximum Gasteiger partial charge on any atom is 0.250 e. The first kappa shape index (κ1) is 15.2. The van der Waals surface area contributed by atoms with Gasteiger partial charge >= 0.3 is 0 Å². The molecular weight excluding hydrogens is 268 g/mol. The number of hydrogen-bond acceptors (Lipinski definition) is 6. The third kappa shape index (κ3) is 3.57. The van der Waals surface area contributed by atoms with Crippen LogP contribution in [0.1, 0.15) is 24.2 Å². The Morgan fingerprint density at radius 3 is 2.53 bits per heavy atom. The molecule has 5 N–H and O–H groups in total. The van der Waals surface area contributed by atoms with E-state index in [1.165, 1.54) is 12.3 Å². The van der Waals surface area contributed by atoms with Crippen LogP contribution >= 0.6 is 0 Å². The number of nitrogen functional groups attached to an aromatic ring is 1. The number of rotatable bonds is 5. The SMILES string of the molecule is CC(C)(CNc1cnc(N)cc1C(N)=O)S(C)(=O)=O. The van der Waals surface area contributed by atoms with Gasteiger partial charge in [-0.3, -0.25) is 4.79 Å². The van der Waals surface area contributed by atoms with Crippen LogP contribution in [0.25, 0.3) is 0 Å². The van der Waals surface area contributed by atoms with E-state index in [0.29, 0.717) is 5.69 Å². The smallest absolute Gasteiger partial charge is 0.250 e. The van der Waals surface area contributed by atoms with Gasteiger partial charge in [0.1, 0.15) is 5.82 Å².